The van der Waals surface area contributed by atoms with Crippen LogP contribution in [-0.2, 0) is 16.9 Å². The molecule has 2 N–H and O–H groups in total. The summed E-state index contributed by atoms with van der Waals surface area (Å²) in [6, 6.07) is 5.40. The van der Waals surface area contributed by atoms with Gasteiger partial charge < -0.3 is 10.5 Å². The van der Waals surface area contributed by atoms with Gasteiger partial charge in [0.15, 0.2) is 4.34 Å². The summed E-state index contributed by atoms with van der Waals surface area (Å²) in [5.41, 5.74) is 7.56. The number of thioether (sulfide) groups is 1. The van der Waals surface area contributed by atoms with Gasteiger partial charge in [0.1, 0.15) is 5.82 Å². The monoisotopic (exact) mass is 309 g/mol. The van der Waals surface area contributed by atoms with Crippen LogP contribution in [0.2, 0.25) is 0 Å². The molecule has 1 aromatic heterocycles. The van der Waals surface area contributed by atoms with Crippen LogP contribution in [0.3, 0.4) is 0 Å². The summed E-state index contributed by atoms with van der Waals surface area (Å²) in [4.78, 5) is 16.2. The maximum Gasteiger partial charge on any atom is 0.340 e. The second-order valence-electron chi connectivity index (χ2n) is 3.99. The fraction of sp³-hybridized carbons (Fsp3) is 0.308. The highest BCUT2D eigenvalue weighted by Crippen LogP contribution is 2.28. The van der Waals surface area contributed by atoms with Gasteiger partial charge in [-0.3, -0.25) is 0 Å². The van der Waals surface area contributed by atoms with Gasteiger partial charge in [-0.2, -0.15) is 4.37 Å². The first-order chi connectivity index (χ1) is 9.65. The first-order valence-electron chi connectivity index (χ1n) is 6.06. The SMILES string of the molecule is CCc1nsc(SCc2cccc(N)c2C(=O)OC)n1. The van der Waals surface area contributed by atoms with E-state index in [2.05, 4.69) is 9.36 Å². The van der Waals surface area contributed by atoms with Crippen LogP contribution < -0.4 is 5.73 Å². The van der Waals surface area contributed by atoms with Gasteiger partial charge in [0.25, 0.3) is 0 Å². The maximum atomic E-state index is 11.8. The van der Waals surface area contributed by atoms with Gasteiger partial charge in [-0.25, -0.2) is 9.78 Å². The second kappa shape index (κ2) is 6.71. The second-order valence-corrected chi connectivity index (χ2v) is 5.97. The van der Waals surface area contributed by atoms with Crippen molar-refractivity contribution in [1.29, 1.82) is 0 Å². The zero-order valence-electron chi connectivity index (χ0n) is 11.3. The molecule has 0 radical (unpaired) electrons. The predicted molar refractivity (Wildman–Crippen MR) is 81.0 cm³/mol. The molecule has 5 nitrogen and oxygen atoms in total. The Kier molecular flexibility index (Phi) is 4.97. The molecule has 2 aromatic rings. The highest BCUT2D eigenvalue weighted by molar-refractivity contribution is 8.00. The van der Waals surface area contributed by atoms with Gasteiger partial charge >= 0.3 is 5.97 Å². The number of rotatable bonds is 5. The normalized spacial score (nSPS) is 10.5. The number of anilines is 1. The summed E-state index contributed by atoms with van der Waals surface area (Å²) in [5, 5.41) is 0. The molecule has 0 atom stereocenters. The number of aryl methyl sites for hydroxylation is 1. The van der Waals surface area contributed by atoms with E-state index in [0.29, 0.717) is 17.0 Å². The lowest BCUT2D eigenvalue weighted by molar-refractivity contribution is 0.0601. The summed E-state index contributed by atoms with van der Waals surface area (Å²) >= 11 is 2.91. The molecule has 0 spiro atoms. The molecule has 0 unspecified atom stereocenters. The van der Waals surface area contributed by atoms with Gasteiger partial charge in [0.2, 0.25) is 0 Å². The van der Waals surface area contributed by atoms with Crippen LogP contribution in [0.5, 0.6) is 0 Å². The fourth-order valence-electron chi connectivity index (χ4n) is 1.67. The number of carbonyl (C=O) groups excluding carboxylic acids is 1. The van der Waals surface area contributed by atoms with E-state index in [4.69, 9.17) is 10.5 Å². The number of benzene rings is 1. The number of methoxy groups -OCH3 is 1. The van der Waals surface area contributed by atoms with Crippen LogP contribution >= 0.6 is 23.3 Å². The molecule has 0 bridgehead atoms. The van der Waals surface area contributed by atoms with E-state index < -0.39 is 5.97 Å². The number of aromatic nitrogens is 2. The number of hydrogen-bond donors (Lipinski definition) is 1. The van der Waals surface area contributed by atoms with Crippen molar-refractivity contribution in [1.82, 2.24) is 9.36 Å². The highest BCUT2D eigenvalue weighted by Gasteiger charge is 2.16. The number of hydrogen-bond acceptors (Lipinski definition) is 7. The van der Waals surface area contributed by atoms with Crippen molar-refractivity contribution in [3.63, 3.8) is 0 Å². The molecule has 1 aromatic carbocycles. The van der Waals surface area contributed by atoms with Crippen LogP contribution in [0.25, 0.3) is 0 Å². The average molecular weight is 309 g/mol. The Bertz CT molecular complexity index is 613. The van der Waals surface area contributed by atoms with Crippen molar-refractivity contribution in [2.45, 2.75) is 23.4 Å². The number of nitrogen functional groups attached to an aromatic ring is 1. The smallest absolute Gasteiger partial charge is 0.340 e. The molecule has 0 aliphatic rings. The summed E-state index contributed by atoms with van der Waals surface area (Å²) in [6.45, 7) is 2.02. The molecule has 106 valence electrons. The van der Waals surface area contributed by atoms with E-state index in [-0.39, 0.29) is 0 Å². The van der Waals surface area contributed by atoms with Crippen molar-refractivity contribution in [2.24, 2.45) is 0 Å². The third kappa shape index (κ3) is 3.29. The van der Waals surface area contributed by atoms with E-state index in [1.54, 1.807) is 17.8 Å². The lowest BCUT2D eigenvalue weighted by Crippen LogP contribution is -2.09. The number of nitrogens with two attached hydrogens (primary N) is 1. The fourth-order valence-corrected chi connectivity index (χ4v) is 3.36. The maximum absolute atomic E-state index is 11.8. The molecule has 20 heavy (non-hydrogen) atoms. The minimum absolute atomic E-state index is 0.412. The van der Waals surface area contributed by atoms with Gasteiger partial charge in [-0.15, -0.1) is 0 Å². The van der Waals surface area contributed by atoms with Gasteiger partial charge in [0, 0.05) is 17.9 Å². The Morgan fingerprint density at radius 2 is 2.30 bits per heavy atom. The quantitative estimate of drug-likeness (QED) is 0.520. The molecule has 0 amide bonds. The Morgan fingerprint density at radius 1 is 1.50 bits per heavy atom. The molecule has 0 aliphatic carbocycles. The molecule has 0 aliphatic heterocycles. The highest BCUT2D eigenvalue weighted by atomic mass is 32.2. The van der Waals surface area contributed by atoms with Crippen LogP contribution in [0.1, 0.15) is 28.7 Å². The van der Waals surface area contributed by atoms with Gasteiger partial charge in [-0.05, 0) is 23.2 Å². The van der Waals surface area contributed by atoms with Crippen molar-refractivity contribution in [3.8, 4) is 0 Å². The number of ether oxygens (including phenoxy) is 1. The Balaban J connectivity index is 2.16. The molecular weight excluding hydrogens is 294 g/mol. The van der Waals surface area contributed by atoms with E-state index in [9.17, 15) is 4.79 Å². The van der Waals surface area contributed by atoms with E-state index in [0.717, 1.165) is 22.1 Å². The first kappa shape index (κ1) is 14.8. The number of nitrogens with zero attached hydrogens (tertiary/aromatic N) is 2. The summed E-state index contributed by atoms with van der Waals surface area (Å²) in [6.07, 6.45) is 0.822. The van der Waals surface area contributed by atoms with E-state index >= 15 is 0 Å². The van der Waals surface area contributed by atoms with Crippen molar-refractivity contribution >= 4 is 35.0 Å². The first-order valence-corrected chi connectivity index (χ1v) is 7.82. The van der Waals surface area contributed by atoms with Crippen molar-refractivity contribution < 1.29 is 9.53 Å². The average Bonchev–Trinajstić information content (AvgIpc) is 2.92. The summed E-state index contributed by atoms with van der Waals surface area (Å²) < 4.78 is 9.90. The van der Waals surface area contributed by atoms with Crippen LogP contribution in [-0.4, -0.2) is 22.4 Å². The topological polar surface area (TPSA) is 78.1 Å². The molecule has 0 saturated heterocycles. The Hall–Kier alpha value is -1.60. The Morgan fingerprint density at radius 3 is 2.95 bits per heavy atom. The lowest BCUT2D eigenvalue weighted by atomic mass is 10.1. The van der Waals surface area contributed by atoms with Crippen LogP contribution in [0.15, 0.2) is 22.5 Å². The molecule has 7 heteroatoms. The minimum Gasteiger partial charge on any atom is -0.465 e. The molecule has 0 fully saturated rings. The predicted octanol–water partition coefficient (Wildman–Crippen LogP) is 2.76. The largest absolute Gasteiger partial charge is 0.465 e. The third-order valence-electron chi connectivity index (χ3n) is 2.69. The number of esters is 1. The molecule has 0 saturated carbocycles. The standard InChI is InChI=1S/C13H15N3O2S2/c1-3-10-15-13(20-16-10)19-7-8-5-4-6-9(14)11(8)12(17)18-2/h4-6H,3,7,14H2,1-2H3. The molecule has 1 heterocycles. The molecular formula is C13H15N3O2S2. The van der Waals surface area contributed by atoms with E-state index in [1.165, 1.54) is 18.6 Å². The van der Waals surface area contributed by atoms with Crippen LogP contribution in [0, 0.1) is 0 Å². The lowest BCUT2D eigenvalue weighted by Gasteiger charge is -2.09. The Labute approximate surface area is 125 Å². The molecule has 2 rings (SSSR count). The summed E-state index contributed by atoms with van der Waals surface area (Å²) in [5.74, 6) is 1.04. The minimum atomic E-state index is -0.412. The third-order valence-corrected chi connectivity index (χ3v) is 4.61. The van der Waals surface area contributed by atoms with Gasteiger partial charge in [0.05, 0.1) is 12.7 Å². The number of carbonyl (C=O) groups is 1. The van der Waals surface area contributed by atoms with Gasteiger partial charge in [-0.1, -0.05) is 30.8 Å². The zero-order valence-corrected chi connectivity index (χ0v) is 12.9. The van der Waals surface area contributed by atoms with E-state index in [1.807, 2.05) is 19.1 Å². The van der Waals surface area contributed by atoms with Crippen molar-refractivity contribution in [2.75, 3.05) is 12.8 Å². The van der Waals surface area contributed by atoms with Crippen molar-refractivity contribution in [3.05, 3.63) is 35.2 Å². The summed E-state index contributed by atoms with van der Waals surface area (Å²) in [7, 11) is 1.35. The zero-order chi connectivity index (χ0) is 14.5. The van der Waals surface area contributed by atoms with Crippen LogP contribution in [0.4, 0.5) is 5.69 Å².